The van der Waals surface area contributed by atoms with Crippen molar-refractivity contribution in [1.82, 2.24) is 20.2 Å². The fourth-order valence-corrected chi connectivity index (χ4v) is 2.15. The van der Waals surface area contributed by atoms with Gasteiger partial charge in [-0.05, 0) is 32.9 Å². The standard InChI is InChI=1S/C12H19N5O/c1-9(8-17-4-2-3-5-17)16-12(18)10-6-15-11(13)7-14-10/h6-7,9H,2-5,8H2,1H3,(H2,13,15)(H,16,18). The minimum atomic E-state index is -0.200. The van der Waals surface area contributed by atoms with Gasteiger partial charge in [-0.25, -0.2) is 9.97 Å². The van der Waals surface area contributed by atoms with Crippen molar-refractivity contribution in [3.8, 4) is 0 Å². The number of nitrogens with one attached hydrogen (secondary N) is 1. The lowest BCUT2D eigenvalue weighted by Gasteiger charge is -2.20. The SMILES string of the molecule is CC(CN1CCCC1)NC(=O)c1cnc(N)cn1. The molecule has 98 valence electrons. The van der Waals surface area contributed by atoms with E-state index in [9.17, 15) is 4.79 Å². The number of hydrogen-bond donors (Lipinski definition) is 2. The lowest BCUT2D eigenvalue weighted by atomic mass is 10.3. The Morgan fingerprint density at radius 2 is 2.17 bits per heavy atom. The van der Waals surface area contributed by atoms with Crippen molar-refractivity contribution in [3.63, 3.8) is 0 Å². The molecule has 1 unspecified atom stereocenters. The molecule has 0 spiro atoms. The van der Waals surface area contributed by atoms with Gasteiger partial charge in [0.15, 0.2) is 0 Å². The van der Waals surface area contributed by atoms with Crippen LogP contribution in [0.1, 0.15) is 30.3 Å². The van der Waals surface area contributed by atoms with Gasteiger partial charge >= 0.3 is 0 Å². The van der Waals surface area contributed by atoms with Gasteiger partial charge in [-0.2, -0.15) is 0 Å². The summed E-state index contributed by atoms with van der Waals surface area (Å²) in [4.78, 5) is 22.0. The summed E-state index contributed by atoms with van der Waals surface area (Å²) in [6.45, 7) is 5.14. The first-order valence-electron chi connectivity index (χ1n) is 6.26. The maximum Gasteiger partial charge on any atom is 0.271 e. The van der Waals surface area contributed by atoms with E-state index in [1.54, 1.807) is 0 Å². The smallest absolute Gasteiger partial charge is 0.271 e. The average molecular weight is 249 g/mol. The van der Waals surface area contributed by atoms with Crippen molar-refractivity contribution in [1.29, 1.82) is 0 Å². The molecule has 6 nitrogen and oxygen atoms in total. The van der Waals surface area contributed by atoms with Gasteiger partial charge in [-0.3, -0.25) is 4.79 Å². The molecule has 1 aromatic rings. The molecule has 1 atom stereocenters. The molecule has 0 saturated carbocycles. The van der Waals surface area contributed by atoms with Crippen LogP contribution in [0.25, 0.3) is 0 Å². The summed E-state index contributed by atoms with van der Waals surface area (Å²) >= 11 is 0. The van der Waals surface area contributed by atoms with E-state index in [-0.39, 0.29) is 11.9 Å². The van der Waals surface area contributed by atoms with Crippen molar-refractivity contribution >= 4 is 11.7 Å². The molecule has 2 heterocycles. The van der Waals surface area contributed by atoms with Crippen molar-refractivity contribution in [3.05, 3.63) is 18.1 Å². The zero-order valence-corrected chi connectivity index (χ0v) is 10.6. The predicted octanol–water partition coefficient (Wildman–Crippen LogP) is 0.273. The highest BCUT2D eigenvalue weighted by molar-refractivity contribution is 5.92. The molecule has 2 rings (SSSR count). The Morgan fingerprint density at radius 1 is 1.44 bits per heavy atom. The second-order valence-corrected chi connectivity index (χ2v) is 4.71. The van der Waals surface area contributed by atoms with Crippen LogP contribution in [0.4, 0.5) is 5.82 Å². The van der Waals surface area contributed by atoms with Crippen LogP contribution in [0.2, 0.25) is 0 Å². The molecule has 1 aromatic heterocycles. The fourth-order valence-electron chi connectivity index (χ4n) is 2.15. The van der Waals surface area contributed by atoms with E-state index in [0.717, 1.165) is 19.6 Å². The number of nitrogens with zero attached hydrogens (tertiary/aromatic N) is 3. The van der Waals surface area contributed by atoms with Gasteiger partial charge in [0.05, 0.1) is 12.4 Å². The number of carbonyl (C=O) groups is 1. The normalized spacial score (nSPS) is 17.6. The van der Waals surface area contributed by atoms with Crippen LogP contribution in [0.3, 0.4) is 0 Å². The molecule has 0 bridgehead atoms. The Hall–Kier alpha value is -1.69. The van der Waals surface area contributed by atoms with Gasteiger partial charge in [0, 0.05) is 12.6 Å². The van der Waals surface area contributed by atoms with Gasteiger partial charge in [0.25, 0.3) is 5.91 Å². The third-order valence-electron chi connectivity index (χ3n) is 3.01. The Kier molecular flexibility index (Phi) is 4.09. The summed E-state index contributed by atoms with van der Waals surface area (Å²) < 4.78 is 0. The number of nitrogen functional groups attached to an aromatic ring is 1. The Morgan fingerprint density at radius 3 is 2.78 bits per heavy atom. The minimum Gasteiger partial charge on any atom is -0.382 e. The Balaban J connectivity index is 1.84. The van der Waals surface area contributed by atoms with E-state index in [4.69, 9.17) is 5.73 Å². The van der Waals surface area contributed by atoms with Crippen LogP contribution in [0.15, 0.2) is 12.4 Å². The monoisotopic (exact) mass is 249 g/mol. The maximum absolute atomic E-state index is 11.9. The first-order chi connectivity index (χ1) is 8.65. The van der Waals surface area contributed by atoms with Crippen LogP contribution < -0.4 is 11.1 Å². The van der Waals surface area contributed by atoms with E-state index in [1.165, 1.54) is 25.2 Å². The summed E-state index contributed by atoms with van der Waals surface area (Å²) in [7, 11) is 0. The number of likely N-dealkylation sites (tertiary alicyclic amines) is 1. The van der Waals surface area contributed by atoms with Gasteiger partial charge in [-0.15, -0.1) is 0 Å². The van der Waals surface area contributed by atoms with Gasteiger partial charge in [0.2, 0.25) is 0 Å². The van der Waals surface area contributed by atoms with Crippen LogP contribution in [0.5, 0.6) is 0 Å². The molecular weight excluding hydrogens is 230 g/mol. The van der Waals surface area contributed by atoms with Gasteiger partial charge in [0.1, 0.15) is 11.5 Å². The Bertz CT molecular complexity index is 399. The summed E-state index contributed by atoms with van der Waals surface area (Å²) in [5, 5.41) is 2.92. The highest BCUT2D eigenvalue weighted by atomic mass is 16.1. The van der Waals surface area contributed by atoms with Gasteiger partial charge in [-0.1, -0.05) is 0 Å². The zero-order chi connectivity index (χ0) is 13.0. The van der Waals surface area contributed by atoms with E-state index in [0.29, 0.717) is 11.5 Å². The number of carbonyl (C=O) groups excluding carboxylic acids is 1. The van der Waals surface area contributed by atoms with Crippen molar-refractivity contribution in [2.24, 2.45) is 0 Å². The molecule has 6 heteroatoms. The summed E-state index contributed by atoms with van der Waals surface area (Å²) in [6, 6.07) is 0.106. The quantitative estimate of drug-likeness (QED) is 0.800. The van der Waals surface area contributed by atoms with Crippen LogP contribution in [-0.2, 0) is 0 Å². The molecule has 1 amide bonds. The topological polar surface area (TPSA) is 84.1 Å². The summed E-state index contributed by atoms with van der Waals surface area (Å²) in [5.41, 5.74) is 5.73. The van der Waals surface area contributed by atoms with Crippen LogP contribution in [0, 0.1) is 0 Å². The van der Waals surface area contributed by atoms with E-state index >= 15 is 0 Å². The second kappa shape index (κ2) is 5.77. The molecular formula is C12H19N5O. The van der Waals surface area contributed by atoms with Crippen molar-refractivity contribution in [2.45, 2.75) is 25.8 Å². The molecule has 1 aliphatic rings. The number of hydrogen-bond acceptors (Lipinski definition) is 5. The minimum absolute atomic E-state index is 0.106. The number of anilines is 1. The summed E-state index contributed by atoms with van der Waals surface area (Å²) in [5.74, 6) is 0.117. The molecule has 1 saturated heterocycles. The lowest BCUT2D eigenvalue weighted by molar-refractivity contribution is 0.0926. The average Bonchev–Trinajstić information content (AvgIpc) is 2.82. The molecule has 1 fully saturated rings. The number of amides is 1. The molecule has 3 N–H and O–H groups in total. The van der Waals surface area contributed by atoms with Crippen molar-refractivity contribution < 1.29 is 4.79 Å². The largest absolute Gasteiger partial charge is 0.382 e. The lowest BCUT2D eigenvalue weighted by Crippen LogP contribution is -2.41. The summed E-state index contributed by atoms with van der Waals surface area (Å²) in [6.07, 6.45) is 5.29. The van der Waals surface area contributed by atoms with E-state index in [1.807, 2.05) is 6.92 Å². The second-order valence-electron chi connectivity index (χ2n) is 4.71. The third kappa shape index (κ3) is 3.40. The third-order valence-corrected chi connectivity index (χ3v) is 3.01. The van der Waals surface area contributed by atoms with Crippen molar-refractivity contribution in [2.75, 3.05) is 25.4 Å². The van der Waals surface area contributed by atoms with E-state index < -0.39 is 0 Å². The first-order valence-corrected chi connectivity index (χ1v) is 6.26. The molecule has 0 aromatic carbocycles. The highest BCUT2D eigenvalue weighted by Crippen LogP contribution is 2.07. The highest BCUT2D eigenvalue weighted by Gasteiger charge is 2.17. The number of rotatable bonds is 4. The number of nitrogens with two attached hydrogens (primary N) is 1. The fraction of sp³-hybridized carbons (Fsp3) is 0.583. The number of aromatic nitrogens is 2. The molecule has 1 aliphatic heterocycles. The first kappa shape index (κ1) is 12.8. The van der Waals surface area contributed by atoms with Gasteiger partial charge < -0.3 is 16.0 Å². The molecule has 0 radical (unpaired) electrons. The van der Waals surface area contributed by atoms with Crippen LogP contribution in [-0.4, -0.2) is 46.5 Å². The Labute approximate surface area is 107 Å². The maximum atomic E-state index is 11.9. The van der Waals surface area contributed by atoms with Crippen LogP contribution >= 0.6 is 0 Å². The molecule has 0 aliphatic carbocycles. The predicted molar refractivity (Wildman–Crippen MR) is 69.0 cm³/mol. The van der Waals surface area contributed by atoms with E-state index in [2.05, 4.69) is 20.2 Å². The molecule has 18 heavy (non-hydrogen) atoms. The zero-order valence-electron chi connectivity index (χ0n) is 10.6.